The van der Waals surface area contributed by atoms with E-state index in [4.69, 9.17) is 4.74 Å². The molecule has 0 spiro atoms. The maximum atomic E-state index is 13.2. The van der Waals surface area contributed by atoms with Crippen molar-refractivity contribution in [2.24, 2.45) is 5.10 Å². The molecular weight excluding hydrogens is 450 g/mol. The van der Waals surface area contributed by atoms with Gasteiger partial charge in [-0.2, -0.15) is 9.41 Å². The van der Waals surface area contributed by atoms with Crippen molar-refractivity contribution in [3.05, 3.63) is 109 Å². The van der Waals surface area contributed by atoms with Gasteiger partial charge in [0.2, 0.25) is 10.0 Å². The highest BCUT2D eigenvalue weighted by Crippen LogP contribution is 2.16. The number of amides is 1. The number of sulfonamides is 1. The van der Waals surface area contributed by atoms with Crippen LogP contribution in [0.5, 0.6) is 5.75 Å². The Morgan fingerprint density at radius 1 is 1.00 bits per heavy atom. The van der Waals surface area contributed by atoms with E-state index in [-0.39, 0.29) is 18.0 Å². The third kappa shape index (κ3) is 7.40. The number of hydrogen-bond donors (Lipinski definition) is 1. The Balaban J connectivity index is 1.68. The molecular formula is C26H27N3O4S. The first-order valence-corrected chi connectivity index (χ1v) is 12.2. The SMILES string of the molecule is C=CCOc1cccc(/C=N/NC(=O)CN(CCc2ccccc2)S(=O)(=O)c2ccccc2)c1. The van der Waals surface area contributed by atoms with E-state index in [0.717, 1.165) is 11.1 Å². The van der Waals surface area contributed by atoms with Crippen LogP contribution in [0.3, 0.4) is 0 Å². The number of hydrazone groups is 1. The maximum Gasteiger partial charge on any atom is 0.255 e. The van der Waals surface area contributed by atoms with Crippen molar-refractivity contribution in [1.82, 2.24) is 9.73 Å². The number of ether oxygens (including phenoxy) is 1. The van der Waals surface area contributed by atoms with Crippen molar-refractivity contribution in [2.75, 3.05) is 19.7 Å². The summed E-state index contributed by atoms with van der Waals surface area (Å²) in [5.74, 6) is 0.110. The summed E-state index contributed by atoms with van der Waals surface area (Å²) in [6, 6.07) is 24.8. The summed E-state index contributed by atoms with van der Waals surface area (Å²) in [6.45, 7) is 3.79. The molecule has 0 bridgehead atoms. The van der Waals surface area contributed by atoms with E-state index >= 15 is 0 Å². The minimum absolute atomic E-state index is 0.135. The molecule has 1 amide bonds. The summed E-state index contributed by atoms with van der Waals surface area (Å²) in [5, 5.41) is 3.97. The fraction of sp³-hybridized carbons (Fsp3) is 0.154. The van der Waals surface area contributed by atoms with E-state index in [1.54, 1.807) is 42.5 Å². The lowest BCUT2D eigenvalue weighted by atomic mass is 10.1. The lowest BCUT2D eigenvalue weighted by molar-refractivity contribution is -0.121. The second-order valence-electron chi connectivity index (χ2n) is 7.35. The van der Waals surface area contributed by atoms with Gasteiger partial charge in [0, 0.05) is 6.54 Å². The van der Waals surface area contributed by atoms with Crippen molar-refractivity contribution in [1.29, 1.82) is 0 Å². The molecule has 7 nitrogen and oxygen atoms in total. The van der Waals surface area contributed by atoms with Crippen LogP contribution in [0.1, 0.15) is 11.1 Å². The van der Waals surface area contributed by atoms with E-state index < -0.39 is 15.9 Å². The van der Waals surface area contributed by atoms with Crippen LogP contribution in [0.4, 0.5) is 0 Å². The van der Waals surface area contributed by atoms with Crippen LogP contribution in [0.2, 0.25) is 0 Å². The van der Waals surface area contributed by atoms with Crippen LogP contribution in [0.25, 0.3) is 0 Å². The number of benzene rings is 3. The van der Waals surface area contributed by atoms with Gasteiger partial charge < -0.3 is 4.74 Å². The van der Waals surface area contributed by atoms with Gasteiger partial charge in [0.25, 0.3) is 5.91 Å². The van der Waals surface area contributed by atoms with Gasteiger partial charge in [-0.1, -0.05) is 73.3 Å². The smallest absolute Gasteiger partial charge is 0.255 e. The van der Waals surface area contributed by atoms with Crippen molar-refractivity contribution in [2.45, 2.75) is 11.3 Å². The van der Waals surface area contributed by atoms with Gasteiger partial charge in [-0.25, -0.2) is 13.8 Å². The van der Waals surface area contributed by atoms with Gasteiger partial charge in [-0.3, -0.25) is 4.79 Å². The maximum absolute atomic E-state index is 13.2. The van der Waals surface area contributed by atoms with E-state index in [0.29, 0.717) is 18.8 Å². The van der Waals surface area contributed by atoms with E-state index in [1.807, 2.05) is 36.4 Å². The molecule has 0 fully saturated rings. The molecule has 1 N–H and O–H groups in total. The van der Waals surface area contributed by atoms with Crippen LogP contribution >= 0.6 is 0 Å². The first-order chi connectivity index (χ1) is 16.5. The quantitative estimate of drug-likeness (QED) is 0.245. The summed E-state index contributed by atoms with van der Waals surface area (Å²) < 4.78 is 33.0. The van der Waals surface area contributed by atoms with Gasteiger partial charge >= 0.3 is 0 Å². The highest BCUT2D eigenvalue weighted by Gasteiger charge is 2.26. The Kier molecular flexibility index (Phi) is 9.13. The number of nitrogens with one attached hydrogen (secondary N) is 1. The second-order valence-corrected chi connectivity index (χ2v) is 9.29. The molecule has 176 valence electrons. The molecule has 0 saturated heterocycles. The normalized spacial score (nSPS) is 11.4. The number of carbonyl (C=O) groups is 1. The highest BCUT2D eigenvalue weighted by molar-refractivity contribution is 7.89. The third-order valence-corrected chi connectivity index (χ3v) is 6.68. The molecule has 0 saturated carbocycles. The van der Waals surface area contributed by atoms with Gasteiger partial charge in [0.1, 0.15) is 12.4 Å². The zero-order valence-corrected chi connectivity index (χ0v) is 19.5. The van der Waals surface area contributed by atoms with Crippen LogP contribution in [0.15, 0.2) is 108 Å². The Labute approximate surface area is 200 Å². The van der Waals surface area contributed by atoms with Gasteiger partial charge in [-0.15, -0.1) is 0 Å². The van der Waals surface area contributed by atoms with Crippen molar-refractivity contribution in [3.8, 4) is 5.75 Å². The lowest BCUT2D eigenvalue weighted by Crippen LogP contribution is -2.40. The van der Waals surface area contributed by atoms with Gasteiger partial charge in [-0.05, 0) is 41.8 Å². The van der Waals surface area contributed by atoms with E-state index in [2.05, 4.69) is 17.1 Å². The highest BCUT2D eigenvalue weighted by atomic mass is 32.2. The molecule has 3 rings (SSSR count). The molecule has 0 unspecified atom stereocenters. The molecule has 3 aromatic carbocycles. The standard InChI is InChI=1S/C26H27N3O4S/c1-2-18-33-24-13-9-12-23(19-24)20-27-28-26(30)21-29(17-16-22-10-5-3-6-11-22)34(31,32)25-14-7-4-8-15-25/h2-15,19-20H,1,16-18,21H2,(H,28,30)/b27-20+. The number of nitrogens with zero attached hydrogens (tertiary/aromatic N) is 2. The molecule has 0 aliphatic heterocycles. The average Bonchev–Trinajstić information content (AvgIpc) is 2.86. The monoisotopic (exact) mass is 477 g/mol. The van der Waals surface area contributed by atoms with Gasteiger partial charge in [0.05, 0.1) is 17.7 Å². The van der Waals surface area contributed by atoms with Crippen LogP contribution in [-0.4, -0.2) is 44.5 Å². The topological polar surface area (TPSA) is 88.1 Å². The molecule has 8 heteroatoms. The van der Waals surface area contributed by atoms with Crippen LogP contribution < -0.4 is 10.2 Å². The minimum atomic E-state index is -3.86. The summed E-state index contributed by atoms with van der Waals surface area (Å²) in [5.41, 5.74) is 4.11. The molecule has 0 atom stereocenters. The summed E-state index contributed by atoms with van der Waals surface area (Å²) in [6.07, 6.45) is 3.59. The second kappa shape index (κ2) is 12.5. The van der Waals surface area contributed by atoms with Gasteiger partial charge in [0.15, 0.2) is 0 Å². The fourth-order valence-corrected chi connectivity index (χ4v) is 4.56. The third-order valence-electron chi connectivity index (χ3n) is 4.82. The minimum Gasteiger partial charge on any atom is -0.490 e. The first-order valence-electron chi connectivity index (χ1n) is 10.7. The van der Waals surface area contributed by atoms with Crippen molar-refractivity contribution >= 4 is 22.1 Å². The summed E-state index contributed by atoms with van der Waals surface area (Å²) in [4.78, 5) is 12.7. The molecule has 0 aliphatic carbocycles. The largest absolute Gasteiger partial charge is 0.490 e. The van der Waals surface area contributed by atoms with Crippen molar-refractivity contribution in [3.63, 3.8) is 0 Å². The number of rotatable bonds is 12. The Morgan fingerprint density at radius 2 is 1.71 bits per heavy atom. The molecule has 34 heavy (non-hydrogen) atoms. The van der Waals surface area contributed by atoms with Crippen LogP contribution in [0, 0.1) is 0 Å². The Bertz CT molecular complexity index is 1210. The number of hydrogen-bond acceptors (Lipinski definition) is 5. The molecule has 3 aromatic rings. The average molecular weight is 478 g/mol. The summed E-state index contributed by atoms with van der Waals surface area (Å²) in [7, 11) is -3.86. The fourth-order valence-electron chi connectivity index (χ4n) is 3.14. The van der Waals surface area contributed by atoms with E-state index in [1.165, 1.54) is 22.7 Å². The number of carbonyl (C=O) groups excluding carboxylic acids is 1. The predicted molar refractivity (Wildman–Crippen MR) is 133 cm³/mol. The lowest BCUT2D eigenvalue weighted by Gasteiger charge is -2.21. The molecule has 0 aromatic heterocycles. The molecule has 0 radical (unpaired) electrons. The zero-order chi connectivity index (χ0) is 24.2. The zero-order valence-electron chi connectivity index (χ0n) is 18.7. The molecule has 0 heterocycles. The summed E-state index contributed by atoms with van der Waals surface area (Å²) >= 11 is 0. The Hall–Kier alpha value is -3.75. The Morgan fingerprint density at radius 3 is 2.41 bits per heavy atom. The first kappa shape index (κ1) is 24.9. The van der Waals surface area contributed by atoms with Crippen molar-refractivity contribution < 1.29 is 17.9 Å². The molecule has 0 aliphatic rings. The van der Waals surface area contributed by atoms with E-state index in [9.17, 15) is 13.2 Å². The predicted octanol–water partition coefficient (Wildman–Crippen LogP) is 3.64. The van der Waals surface area contributed by atoms with Crippen LogP contribution in [-0.2, 0) is 21.2 Å².